The van der Waals surface area contributed by atoms with Crippen molar-refractivity contribution >= 4 is 11.3 Å². The molecule has 2 N–H and O–H groups in total. The normalized spacial score (nSPS) is 25.0. The van der Waals surface area contributed by atoms with Crippen molar-refractivity contribution in [1.82, 2.24) is 4.90 Å². The van der Waals surface area contributed by atoms with Crippen LogP contribution in [0.15, 0.2) is 17.5 Å². The monoisotopic (exact) mass is 254 g/mol. The summed E-state index contributed by atoms with van der Waals surface area (Å²) in [6.07, 6.45) is 1.31. The second-order valence-electron chi connectivity index (χ2n) is 5.30. The molecule has 0 aromatic carbocycles. The van der Waals surface area contributed by atoms with Crippen LogP contribution in [0.3, 0.4) is 0 Å². The van der Waals surface area contributed by atoms with Gasteiger partial charge in [-0.25, -0.2) is 0 Å². The van der Waals surface area contributed by atoms with Crippen LogP contribution in [0.25, 0.3) is 0 Å². The number of ether oxygens (including phenoxy) is 1. The van der Waals surface area contributed by atoms with Crippen LogP contribution in [0, 0.1) is 0 Å². The maximum absolute atomic E-state index is 5.93. The lowest BCUT2D eigenvalue weighted by Gasteiger charge is -2.42. The molecule has 1 aromatic rings. The molecule has 2 rings (SSSR count). The Hall–Kier alpha value is -0.420. The van der Waals surface area contributed by atoms with Gasteiger partial charge in [0, 0.05) is 31.1 Å². The summed E-state index contributed by atoms with van der Waals surface area (Å²) in [5.74, 6) is 0. The van der Waals surface area contributed by atoms with Crippen molar-refractivity contribution in [3.05, 3.63) is 22.4 Å². The second kappa shape index (κ2) is 5.48. The van der Waals surface area contributed by atoms with E-state index in [-0.39, 0.29) is 11.7 Å². The van der Waals surface area contributed by atoms with Gasteiger partial charge in [0.1, 0.15) is 0 Å². The zero-order chi connectivity index (χ0) is 12.3. The topological polar surface area (TPSA) is 38.5 Å². The molecule has 0 spiro atoms. The average Bonchev–Trinajstić information content (AvgIpc) is 2.77. The summed E-state index contributed by atoms with van der Waals surface area (Å²) in [5, 5.41) is 2.14. The van der Waals surface area contributed by atoms with Gasteiger partial charge in [-0.3, -0.25) is 4.90 Å². The molecule has 1 saturated heterocycles. The Balaban J connectivity index is 1.87. The van der Waals surface area contributed by atoms with Crippen LogP contribution in [-0.4, -0.2) is 42.8 Å². The minimum absolute atomic E-state index is 0.0717. The maximum Gasteiger partial charge on any atom is 0.0831 e. The van der Waals surface area contributed by atoms with Crippen molar-refractivity contribution in [3.8, 4) is 0 Å². The standard InChI is InChI=1S/C13H22N2OS/c1-13(2)10-15(9-11(8-14)16-13)6-5-12-4-3-7-17-12/h3-4,7,11H,5-6,8-10,14H2,1-2H3. The minimum atomic E-state index is -0.0717. The first-order valence-electron chi connectivity index (χ1n) is 6.22. The number of hydrogen-bond donors (Lipinski definition) is 1. The Morgan fingerprint density at radius 2 is 2.41 bits per heavy atom. The maximum atomic E-state index is 5.93. The zero-order valence-corrected chi connectivity index (χ0v) is 11.5. The summed E-state index contributed by atoms with van der Waals surface area (Å²) in [6.45, 7) is 7.96. The number of hydrogen-bond acceptors (Lipinski definition) is 4. The number of rotatable bonds is 4. The average molecular weight is 254 g/mol. The van der Waals surface area contributed by atoms with Crippen LogP contribution in [0.4, 0.5) is 0 Å². The number of nitrogens with two attached hydrogens (primary N) is 1. The van der Waals surface area contributed by atoms with Crippen LogP contribution in [-0.2, 0) is 11.2 Å². The van der Waals surface area contributed by atoms with Crippen molar-refractivity contribution in [2.45, 2.75) is 32.0 Å². The number of thiophene rings is 1. The highest BCUT2D eigenvalue weighted by atomic mass is 32.1. The van der Waals surface area contributed by atoms with E-state index >= 15 is 0 Å². The summed E-state index contributed by atoms with van der Waals surface area (Å²) in [4.78, 5) is 3.93. The van der Waals surface area contributed by atoms with Gasteiger partial charge in [0.25, 0.3) is 0 Å². The van der Waals surface area contributed by atoms with Crippen LogP contribution in [0.1, 0.15) is 18.7 Å². The lowest BCUT2D eigenvalue weighted by atomic mass is 10.0. The molecule has 0 radical (unpaired) electrons. The van der Waals surface area contributed by atoms with Gasteiger partial charge in [-0.15, -0.1) is 11.3 Å². The van der Waals surface area contributed by atoms with E-state index in [0.29, 0.717) is 6.54 Å². The summed E-state index contributed by atoms with van der Waals surface area (Å²) < 4.78 is 5.93. The molecule has 1 atom stereocenters. The van der Waals surface area contributed by atoms with E-state index in [1.54, 1.807) is 0 Å². The number of nitrogens with zero attached hydrogens (tertiary/aromatic N) is 1. The van der Waals surface area contributed by atoms with E-state index in [1.807, 2.05) is 11.3 Å². The first-order valence-corrected chi connectivity index (χ1v) is 7.10. The van der Waals surface area contributed by atoms with E-state index in [1.165, 1.54) is 4.88 Å². The molecule has 1 fully saturated rings. The third-order valence-electron chi connectivity index (χ3n) is 3.07. The molecule has 17 heavy (non-hydrogen) atoms. The van der Waals surface area contributed by atoms with Crippen molar-refractivity contribution < 1.29 is 4.74 Å². The fraction of sp³-hybridized carbons (Fsp3) is 0.692. The van der Waals surface area contributed by atoms with Gasteiger partial charge in [0.15, 0.2) is 0 Å². The smallest absolute Gasteiger partial charge is 0.0831 e. The second-order valence-corrected chi connectivity index (χ2v) is 6.33. The molecule has 3 nitrogen and oxygen atoms in total. The molecule has 2 heterocycles. The van der Waals surface area contributed by atoms with Gasteiger partial charge in [0.2, 0.25) is 0 Å². The molecule has 4 heteroatoms. The van der Waals surface area contributed by atoms with Crippen LogP contribution in [0.5, 0.6) is 0 Å². The van der Waals surface area contributed by atoms with E-state index < -0.39 is 0 Å². The van der Waals surface area contributed by atoms with E-state index in [4.69, 9.17) is 10.5 Å². The SMILES string of the molecule is CC1(C)CN(CCc2cccs2)CC(CN)O1. The molecule has 1 unspecified atom stereocenters. The first-order chi connectivity index (χ1) is 8.09. The summed E-state index contributed by atoms with van der Waals surface area (Å²) in [5.41, 5.74) is 5.66. The Morgan fingerprint density at radius 1 is 1.59 bits per heavy atom. The van der Waals surface area contributed by atoms with Gasteiger partial charge < -0.3 is 10.5 Å². The Morgan fingerprint density at radius 3 is 3.06 bits per heavy atom. The number of morpholine rings is 1. The predicted molar refractivity (Wildman–Crippen MR) is 72.5 cm³/mol. The molecular weight excluding hydrogens is 232 g/mol. The predicted octanol–water partition coefficient (Wildman–Crippen LogP) is 1.73. The molecule has 1 aromatic heterocycles. The lowest BCUT2D eigenvalue weighted by molar-refractivity contribution is -0.131. The van der Waals surface area contributed by atoms with Crippen molar-refractivity contribution in [2.75, 3.05) is 26.2 Å². The van der Waals surface area contributed by atoms with Gasteiger partial charge >= 0.3 is 0 Å². The van der Waals surface area contributed by atoms with Gasteiger partial charge in [-0.2, -0.15) is 0 Å². The fourth-order valence-corrected chi connectivity index (χ4v) is 3.13. The molecule has 1 aliphatic heterocycles. The third kappa shape index (κ3) is 3.78. The summed E-state index contributed by atoms with van der Waals surface area (Å²) in [7, 11) is 0. The molecular formula is C13H22N2OS. The zero-order valence-electron chi connectivity index (χ0n) is 10.7. The Kier molecular flexibility index (Phi) is 4.20. The van der Waals surface area contributed by atoms with E-state index in [2.05, 4.69) is 36.3 Å². The van der Waals surface area contributed by atoms with Gasteiger partial charge in [-0.1, -0.05) is 6.07 Å². The highest BCUT2D eigenvalue weighted by molar-refractivity contribution is 7.09. The van der Waals surface area contributed by atoms with Crippen molar-refractivity contribution in [3.63, 3.8) is 0 Å². The molecule has 1 aliphatic rings. The fourth-order valence-electron chi connectivity index (χ4n) is 2.43. The third-order valence-corrected chi connectivity index (χ3v) is 4.01. The summed E-state index contributed by atoms with van der Waals surface area (Å²) >= 11 is 1.84. The Bertz CT molecular complexity index is 337. The van der Waals surface area contributed by atoms with Gasteiger partial charge in [-0.05, 0) is 31.7 Å². The van der Waals surface area contributed by atoms with E-state index in [0.717, 1.165) is 26.1 Å². The lowest BCUT2D eigenvalue weighted by Crippen LogP contribution is -2.55. The van der Waals surface area contributed by atoms with Gasteiger partial charge in [0.05, 0.1) is 11.7 Å². The first kappa shape index (κ1) is 13.0. The minimum Gasteiger partial charge on any atom is -0.368 e. The highest BCUT2D eigenvalue weighted by Crippen LogP contribution is 2.21. The molecule has 0 aliphatic carbocycles. The Labute approximate surface area is 108 Å². The van der Waals surface area contributed by atoms with E-state index in [9.17, 15) is 0 Å². The molecule has 0 amide bonds. The molecule has 0 bridgehead atoms. The summed E-state index contributed by atoms with van der Waals surface area (Å²) in [6, 6.07) is 4.32. The van der Waals surface area contributed by atoms with Crippen LogP contribution in [0.2, 0.25) is 0 Å². The van der Waals surface area contributed by atoms with Crippen molar-refractivity contribution in [1.29, 1.82) is 0 Å². The van der Waals surface area contributed by atoms with Crippen LogP contribution < -0.4 is 5.73 Å². The van der Waals surface area contributed by atoms with Crippen LogP contribution >= 0.6 is 11.3 Å². The quantitative estimate of drug-likeness (QED) is 0.889. The molecule has 96 valence electrons. The largest absolute Gasteiger partial charge is 0.368 e. The van der Waals surface area contributed by atoms with Crippen molar-refractivity contribution in [2.24, 2.45) is 5.73 Å². The highest BCUT2D eigenvalue weighted by Gasteiger charge is 2.32. The molecule has 0 saturated carbocycles.